The van der Waals surface area contributed by atoms with Gasteiger partial charge in [0.1, 0.15) is 6.54 Å². The third-order valence-corrected chi connectivity index (χ3v) is 5.22. The van der Waals surface area contributed by atoms with E-state index < -0.39 is 40.2 Å². The molecule has 8 nitrogen and oxygen atoms in total. The first kappa shape index (κ1) is 20.6. The first-order chi connectivity index (χ1) is 12.8. The Kier molecular flexibility index (Phi) is 7.12. The summed E-state index contributed by atoms with van der Waals surface area (Å²) >= 11 is 0. The molecule has 0 aromatic heterocycles. The lowest BCUT2D eigenvalue weighted by molar-refractivity contribution is -0.148. The lowest BCUT2D eigenvalue weighted by Crippen LogP contribution is -2.39. The normalized spacial score (nSPS) is 17.3. The molecule has 0 saturated heterocycles. The molecule has 146 valence electrons. The average Bonchev–Trinajstić information content (AvgIpc) is 2.97. The summed E-state index contributed by atoms with van der Waals surface area (Å²) in [5.74, 6) is -2.45. The van der Waals surface area contributed by atoms with E-state index in [2.05, 4.69) is 0 Å². The third kappa shape index (κ3) is 6.52. The van der Waals surface area contributed by atoms with Crippen LogP contribution in [0.15, 0.2) is 41.8 Å². The van der Waals surface area contributed by atoms with Gasteiger partial charge in [-0.25, -0.2) is 8.42 Å². The van der Waals surface area contributed by atoms with Crippen molar-refractivity contribution in [3.63, 3.8) is 0 Å². The summed E-state index contributed by atoms with van der Waals surface area (Å²) in [6.45, 7) is 0.975. The number of carbonyl (C=O) groups excluding carboxylic acids is 3. The van der Waals surface area contributed by atoms with Crippen molar-refractivity contribution in [1.29, 1.82) is 0 Å². The Balaban J connectivity index is 1.94. The summed E-state index contributed by atoms with van der Waals surface area (Å²) in [5.41, 5.74) is 0.469. The van der Waals surface area contributed by atoms with Gasteiger partial charge < -0.3 is 9.47 Å². The molecular formula is C18H21NO7S. The Labute approximate surface area is 157 Å². The summed E-state index contributed by atoms with van der Waals surface area (Å²) in [7, 11) is -3.26. The van der Waals surface area contributed by atoms with E-state index in [4.69, 9.17) is 9.47 Å². The van der Waals surface area contributed by atoms with Crippen molar-refractivity contribution >= 4 is 33.4 Å². The van der Waals surface area contributed by atoms with Gasteiger partial charge in [-0.15, -0.1) is 0 Å². The van der Waals surface area contributed by atoms with Gasteiger partial charge in [-0.2, -0.15) is 0 Å². The number of carbonyl (C=O) groups is 3. The third-order valence-electron chi connectivity index (χ3n) is 3.75. The van der Waals surface area contributed by atoms with E-state index in [1.54, 1.807) is 37.3 Å². The molecule has 1 atom stereocenters. The van der Waals surface area contributed by atoms with Crippen molar-refractivity contribution in [1.82, 2.24) is 0 Å². The van der Waals surface area contributed by atoms with Crippen LogP contribution >= 0.6 is 0 Å². The van der Waals surface area contributed by atoms with Crippen LogP contribution in [0, 0.1) is 5.92 Å². The fraction of sp³-hybridized carbons (Fsp3) is 0.389. The van der Waals surface area contributed by atoms with Gasteiger partial charge >= 0.3 is 11.9 Å². The van der Waals surface area contributed by atoms with Gasteiger partial charge in [-0.1, -0.05) is 24.3 Å². The van der Waals surface area contributed by atoms with Crippen molar-refractivity contribution < 1.29 is 32.3 Å². The number of sulfone groups is 1. The van der Waals surface area contributed by atoms with E-state index in [0.717, 1.165) is 5.41 Å². The molecule has 1 aliphatic rings. The van der Waals surface area contributed by atoms with Crippen molar-refractivity contribution in [2.24, 2.45) is 5.92 Å². The monoisotopic (exact) mass is 395 g/mol. The molecule has 0 aliphatic carbocycles. The Morgan fingerprint density at radius 1 is 1.11 bits per heavy atom. The zero-order valence-corrected chi connectivity index (χ0v) is 15.7. The molecule has 1 aromatic rings. The molecule has 1 heterocycles. The molecule has 0 N–H and O–H groups in total. The van der Waals surface area contributed by atoms with Gasteiger partial charge in [-0.05, 0) is 19.1 Å². The predicted molar refractivity (Wildman–Crippen MR) is 97.4 cm³/mol. The van der Waals surface area contributed by atoms with Crippen LogP contribution < -0.4 is 4.90 Å². The molecule has 1 unspecified atom stereocenters. The van der Waals surface area contributed by atoms with Crippen LogP contribution in [-0.2, 0) is 33.7 Å². The Morgan fingerprint density at radius 2 is 1.81 bits per heavy atom. The molecule has 1 amide bonds. The minimum Gasteiger partial charge on any atom is -0.465 e. The van der Waals surface area contributed by atoms with Crippen LogP contribution in [0.4, 0.5) is 5.69 Å². The maximum Gasteiger partial charge on any atom is 0.326 e. The quantitative estimate of drug-likeness (QED) is 0.606. The number of amides is 1. The predicted octanol–water partition coefficient (Wildman–Crippen LogP) is 1.07. The SMILES string of the molecule is CCOC(=O)CN(C(=O)COC(=O)CC1C=CS(=O)(=O)C1)c1ccccc1. The highest BCUT2D eigenvalue weighted by Gasteiger charge is 2.26. The van der Waals surface area contributed by atoms with Gasteiger partial charge in [0.2, 0.25) is 0 Å². The van der Waals surface area contributed by atoms with E-state index >= 15 is 0 Å². The second-order valence-corrected chi connectivity index (χ2v) is 7.83. The van der Waals surface area contributed by atoms with E-state index in [1.165, 1.54) is 11.0 Å². The average molecular weight is 395 g/mol. The highest BCUT2D eigenvalue weighted by molar-refractivity contribution is 7.94. The summed E-state index contributed by atoms with van der Waals surface area (Å²) in [5, 5.41) is 1.08. The van der Waals surface area contributed by atoms with E-state index in [1.807, 2.05) is 0 Å². The maximum absolute atomic E-state index is 12.5. The van der Waals surface area contributed by atoms with Crippen LogP contribution in [0.5, 0.6) is 0 Å². The largest absolute Gasteiger partial charge is 0.465 e. The number of nitrogens with zero attached hydrogens (tertiary/aromatic N) is 1. The molecule has 9 heteroatoms. The van der Waals surface area contributed by atoms with Crippen LogP contribution in [0.1, 0.15) is 13.3 Å². The zero-order chi connectivity index (χ0) is 19.9. The van der Waals surface area contributed by atoms with Gasteiger partial charge in [0.15, 0.2) is 16.4 Å². The number of ether oxygens (including phenoxy) is 2. The minimum atomic E-state index is -3.26. The van der Waals surface area contributed by atoms with Crippen LogP contribution in [0.2, 0.25) is 0 Å². The van der Waals surface area contributed by atoms with Gasteiger partial charge in [-0.3, -0.25) is 19.3 Å². The number of rotatable bonds is 8. The van der Waals surface area contributed by atoms with Crippen molar-refractivity contribution in [3.8, 4) is 0 Å². The van der Waals surface area contributed by atoms with Gasteiger partial charge in [0, 0.05) is 17.0 Å². The summed E-state index contributed by atoms with van der Waals surface area (Å²) < 4.78 is 32.5. The minimum absolute atomic E-state index is 0.133. The van der Waals surface area contributed by atoms with Crippen molar-refractivity contribution in [2.75, 3.05) is 30.4 Å². The number of benzene rings is 1. The summed E-state index contributed by atoms with van der Waals surface area (Å²) in [6.07, 6.45) is 1.31. The van der Waals surface area contributed by atoms with Gasteiger partial charge in [0.25, 0.3) is 5.91 Å². The Morgan fingerprint density at radius 3 is 2.41 bits per heavy atom. The molecule has 1 aromatic carbocycles. The number of para-hydroxylation sites is 1. The molecule has 0 saturated carbocycles. The fourth-order valence-corrected chi connectivity index (χ4v) is 3.93. The molecule has 0 fully saturated rings. The maximum atomic E-state index is 12.5. The van der Waals surface area contributed by atoms with E-state index in [0.29, 0.717) is 5.69 Å². The van der Waals surface area contributed by atoms with E-state index in [-0.39, 0.29) is 25.3 Å². The molecule has 1 aliphatic heterocycles. The number of esters is 2. The van der Waals surface area contributed by atoms with Crippen LogP contribution in [0.25, 0.3) is 0 Å². The zero-order valence-electron chi connectivity index (χ0n) is 14.9. The van der Waals surface area contributed by atoms with E-state index in [9.17, 15) is 22.8 Å². The number of hydrogen-bond acceptors (Lipinski definition) is 7. The summed E-state index contributed by atoms with van der Waals surface area (Å²) in [4.78, 5) is 37.3. The second-order valence-electron chi connectivity index (χ2n) is 5.90. The van der Waals surface area contributed by atoms with Crippen molar-refractivity contribution in [2.45, 2.75) is 13.3 Å². The standard InChI is InChI=1S/C18H21NO7S/c1-2-25-18(22)11-19(15-6-4-3-5-7-15)16(20)12-26-17(21)10-14-8-9-27(23,24)13-14/h3-9,14H,2,10-13H2,1H3. The molecule has 27 heavy (non-hydrogen) atoms. The molecule has 0 bridgehead atoms. The first-order valence-electron chi connectivity index (χ1n) is 8.38. The smallest absolute Gasteiger partial charge is 0.326 e. The lowest BCUT2D eigenvalue weighted by Gasteiger charge is -2.21. The van der Waals surface area contributed by atoms with Crippen LogP contribution in [-0.4, -0.2) is 51.8 Å². The molecule has 0 spiro atoms. The Bertz CT molecular complexity index is 817. The highest BCUT2D eigenvalue weighted by Crippen LogP contribution is 2.19. The van der Waals surface area contributed by atoms with Crippen LogP contribution in [0.3, 0.4) is 0 Å². The lowest BCUT2D eigenvalue weighted by atomic mass is 10.1. The number of anilines is 1. The Hall–Kier alpha value is -2.68. The highest BCUT2D eigenvalue weighted by atomic mass is 32.2. The first-order valence-corrected chi connectivity index (χ1v) is 10.1. The number of hydrogen-bond donors (Lipinski definition) is 0. The molecular weight excluding hydrogens is 374 g/mol. The fourth-order valence-electron chi connectivity index (χ4n) is 2.53. The van der Waals surface area contributed by atoms with Gasteiger partial charge in [0.05, 0.1) is 18.8 Å². The van der Waals surface area contributed by atoms with Crippen molar-refractivity contribution in [3.05, 3.63) is 41.8 Å². The molecule has 0 radical (unpaired) electrons. The topological polar surface area (TPSA) is 107 Å². The molecule has 2 rings (SSSR count). The second kappa shape index (κ2) is 9.31. The number of allylic oxidation sites excluding steroid dienone is 1. The summed E-state index contributed by atoms with van der Waals surface area (Å²) in [6, 6.07) is 8.47.